The van der Waals surface area contributed by atoms with Crippen LogP contribution >= 0.6 is 0 Å². The molecule has 3 aromatic rings. The number of hydrogen-bond donors (Lipinski definition) is 1. The number of amides is 1. The van der Waals surface area contributed by atoms with Crippen LogP contribution in [0.25, 0.3) is 11.0 Å². The highest BCUT2D eigenvalue weighted by Crippen LogP contribution is 2.31. The van der Waals surface area contributed by atoms with Gasteiger partial charge in [0, 0.05) is 12.4 Å². The number of aryl methyl sites for hydroxylation is 1. The summed E-state index contributed by atoms with van der Waals surface area (Å²) in [6.45, 7) is 3.55. The molecule has 1 amide bonds. The number of ether oxygens (including phenoxy) is 1. The second-order valence-electron chi connectivity index (χ2n) is 6.60. The second kappa shape index (κ2) is 7.29. The summed E-state index contributed by atoms with van der Waals surface area (Å²) in [7, 11) is -0.604. The van der Waals surface area contributed by atoms with E-state index < -0.39 is 10.0 Å². The van der Waals surface area contributed by atoms with Crippen LogP contribution < -0.4 is 9.88 Å². The molecule has 2 aromatic carbocycles. The summed E-state index contributed by atoms with van der Waals surface area (Å²) < 4.78 is 34.2. The second-order valence-corrected chi connectivity index (χ2v) is 8.17. The van der Waals surface area contributed by atoms with Gasteiger partial charge in [0.25, 0.3) is 5.91 Å². The maximum absolute atomic E-state index is 13.2. The van der Waals surface area contributed by atoms with Gasteiger partial charge in [-0.15, -0.1) is 0 Å². The summed E-state index contributed by atoms with van der Waals surface area (Å²) >= 11 is 0. The quantitative estimate of drug-likeness (QED) is 0.706. The zero-order valence-corrected chi connectivity index (χ0v) is 16.9. The van der Waals surface area contributed by atoms with Gasteiger partial charge in [0.15, 0.2) is 0 Å². The van der Waals surface area contributed by atoms with Gasteiger partial charge >= 0.3 is 0 Å². The first kappa shape index (κ1) is 19.9. The molecule has 148 valence electrons. The van der Waals surface area contributed by atoms with Gasteiger partial charge in [-0.2, -0.15) is 0 Å². The summed E-state index contributed by atoms with van der Waals surface area (Å²) in [5.41, 5.74) is 1.70. The topological polar surface area (TPSA) is 103 Å². The number of rotatable bonds is 5. The van der Waals surface area contributed by atoms with Crippen molar-refractivity contribution in [2.24, 2.45) is 5.14 Å². The summed E-state index contributed by atoms with van der Waals surface area (Å²) in [5.74, 6) is 0.891. The molecule has 0 bridgehead atoms. The molecule has 2 N–H and O–H groups in total. The number of primary sulfonamides is 1. The van der Waals surface area contributed by atoms with Gasteiger partial charge in [-0.25, -0.2) is 13.6 Å². The van der Waals surface area contributed by atoms with E-state index in [1.54, 1.807) is 56.3 Å². The number of hydrogen-bond acceptors (Lipinski definition) is 5. The number of fused-ring (bicyclic) bond motifs is 1. The molecular weight excluding hydrogens is 380 g/mol. The van der Waals surface area contributed by atoms with Gasteiger partial charge in [-0.05, 0) is 49.7 Å². The molecular formula is C20H22N2O5S. The molecule has 1 heterocycles. The van der Waals surface area contributed by atoms with E-state index in [2.05, 4.69) is 0 Å². The standard InChI is InChI=1S/C20H22N2O5S/c1-12(14-6-5-7-16(10-14)28(21,24)25)22(3)20(23)19-13(2)27-18-9-8-15(26-4)11-17(18)19/h5-12H,1-4H3,(H2,21,24,25). The van der Waals surface area contributed by atoms with E-state index in [-0.39, 0.29) is 16.8 Å². The minimum atomic E-state index is -3.82. The molecule has 0 aliphatic carbocycles. The maximum Gasteiger partial charge on any atom is 0.258 e. The average Bonchev–Trinajstić information content (AvgIpc) is 3.00. The lowest BCUT2D eigenvalue weighted by molar-refractivity contribution is 0.0742. The van der Waals surface area contributed by atoms with Crippen LogP contribution in [0.1, 0.15) is 34.6 Å². The smallest absolute Gasteiger partial charge is 0.258 e. The lowest BCUT2D eigenvalue weighted by atomic mass is 10.0. The van der Waals surface area contributed by atoms with E-state index in [9.17, 15) is 13.2 Å². The fraction of sp³-hybridized carbons (Fsp3) is 0.250. The summed E-state index contributed by atoms with van der Waals surface area (Å²) in [4.78, 5) is 14.8. The van der Waals surface area contributed by atoms with Gasteiger partial charge in [0.05, 0.1) is 23.6 Å². The van der Waals surface area contributed by atoms with Crippen molar-refractivity contribution < 1.29 is 22.4 Å². The predicted octanol–water partition coefficient (Wildman–Crippen LogP) is 3.23. The number of nitrogens with zero attached hydrogens (tertiary/aromatic N) is 1. The molecule has 7 nitrogen and oxygen atoms in total. The maximum atomic E-state index is 13.2. The number of benzene rings is 2. The zero-order valence-electron chi connectivity index (χ0n) is 16.1. The molecule has 0 spiro atoms. The zero-order chi connectivity index (χ0) is 20.6. The monoisotopic (exact) mass is 402 g/mol. The average molecular weight is 402 g/mol. The van der Waals surface area contributed by atoms with Crippen molar-refractivity contribution in [1.29, 1.82) is 0 Å². The number of carbonyl (C=O) groups excluding carboxylic acids is 1. The van der Waals surface area contributed by atoms with Crippen LogP contribution in [0.4, 0.5) is 0 Å². The van der Waals surface area contributed by atoms with Crippen molar-refractivity contribution in [3.8, 4) is 5.75 Å². The minimum absolute atomic E-state index is 0.00683. The Morgan fingerprint density at radius 3 is 2.57 bits per heavy atom. The van der Waals surface area contributed by atoms with Gasteiger partial charge in [-0.3, -0.25) is 4.79 Å². The highest BCUT2D eigenvalue weighted by Gasteiger charge is 2.26. The number of nitrogens with two attached hydrogens (primary N) is 1. The molecule has 0 fully saturated rings. The van der Waals surface area contributed by atoms with Gasteiger partial charge in [0.1, 0.15) is 17.1 Å². The molecule has 0 radical (unpaired) electrons. The Hall–Kier alpha value is -2.84. The molecule has 0 aliphatic heterocycles. The van der Waals surface area contributed by atoms with Crippen molar-refractivity contribution in [1.82, 2.24) is 4.90 Å². The Balaban J connectivity index is 1.99. The summed E-state index contributed by atoms with van der Waals surface area (Å²) in [6.07, 6.45) is 0. The predicted molar refractivity (Wildman–Crippen MR) is 106 cm³/mol. The van der Waals surface area contributed by atoms with Crippen LogP contribution in [0.2, 0.25) is 0 Å². The third kappa shape index (κ3) is 3.61. The van der Waals surface area contributed by atoms with Crippen LogP contribution in [0, 0.1) is 6.92 Å². The molecule has 1 unspecified atom stereocenters. The first-order valence-electron chi connectivity index (χ1n) is 8.60. The van der Waals surface area contributed by atoms with E-state index in [0.29, 0.717) is 33.6 Å². The molecule has 1 atom stereocenters. The van der Waals surface area contributed by atoms with Crippen molar-refractivity contribution in [2.75, 3.05) is 14.2 Å². The normalized spacial score (nSPS) is 12.8. The molecule has 28 heavy (non-hydrogen) atoms. The minimum Gasteiger partial charge on any atom is -0.497 e. The van der Waals surface area contributed by atoms with Crippen molar-refractivity contribution in [3.63, 3.8) is 0 Å². The fourth-order valence-electron chi connectivity index (χ4n) is 3.12. The SMILES string of the molecule is COc1ccc2oc(C)c(C(=O)N(C)C(C)c3cccc(S(N)(=O)=O)c3)c2c1. The fourth-order valence-corrected chi connectivity index (χ4v) is 3.69. The first-order chi connectivity index (χ1) is 13.1. The summed E-state index contributed by atoms with van der Waals surface area (Å²) in [5, 5.41) is 5.88. The largest absolute Gasteiger partial charge is 0.497 e. The van der Waals surface area contributed by atoms with Crippen molar-refractivity contribution in [2.45, 2.75) is 24.8 Å². The first-order valence-corrected chi connectivity index (χ1v) is 10.1. The van der Waals surface area contributed by atoms with Gasteiger partial charge in [0.2, 0.25) is 10.0 Å². The highest BCUT2D eigenvalue weighted by atomic mass is 32.2. The van der Waals surface area contributed by atoms with E-state index in [0.717, 1.165) is 0 Å². The molecule has 0 aliphatic rings. The van der Waals surface area contributed by atoms with Crippen molar-refractivity contribution in [3.05, 3.63) is 59.4 Å². The third-order valence-corrected chi connectivity index (χ3v) is 5.77. The Kier molecular flexibility index (Phi) is 5.18. The van der Waals surface area contributed by atoms with Gasteiger partial charge in [-0.1, -0.05) is 12.1 Å². The lowest BCUT2D eigenvalue weighted by Crippen LogP contribution is -2.30. The summed E-state index contributed by atoms with van der Waals surface area (Å²) in [6, 6.07) is 11.2. The number of sulfonamides is 1. The third-order valence-electron chi connectivity index (χ3n) is 4.86. The van der Waals surface area contributed by atoms with Gasteiger partial charge < -0.3 is 14.1 Å². The Morgan fingerprint density at radius 2 is 1.93 bits per heavy atom. The molecule has 0 saturated heterocycles. The Morgan fingerprint density at radius 1 is 1.21 bits per heavy atom. The number of furan rings is 1. The Bertz CT molecular complexity index is 1150. The molecule has 1 aromatic heterocycles. The van der Waals surface area contributed by atoms with Crippen LogP contribution in [0.3, 0.4) is 0 Å². The van der Waals surface area contributed by atoms with E-state index >= 15 is 0 Å². The molecule has 3 rings (SSSR count). The van der Waals surface area contributed by atoms with E-state index in [1.165, 1.54) is 12.1 Å². The molecule has 0 saturated carbocycles. The molecule has 8 heteroatoms. The Labute approximate surface area is 163 Å². The number of carbonyl (C=O) groups is 1. The van der Waals surface area contributed by atoms with Crippen LogP contribution in [0.15, 0.2) is 51.8 Å². The van der Waals surface area contributed by atoms with Crippen LogP contribution in [-0.2, 0) is 10.0 Å². The number of methoxy groups -OCH3 is 1. The lowest BCUT2D eigenvalue weighted by Gasteiger charge is -2.25. The van der Waals surface area contributed by atoms with Crippen molar-refractivity contribution >= 4 is 26.9 Å². The van der Waals surface area contributed by atoms with Crippen LogP contribution in [0.5, 0.6) is 5.75 Å². The highest BCUT2D eigenvalue weighted by molar-refractivity contribution is 7.89. The van der Waals surface area contributed by atoms with E-state index in [1.807, 2.05) is 6.92 Å². The van der Waals surface area contributed by atoms with E-state index in [4.69, 9.17) is 14.3 Å². The van der Waals surface area contributed by atoms with Crippen LogP contribution in [-0.4, -0.2) is 33.4 Å².